The maximum Gasteiger partial charge on any atom is 0.284 e. The molecule has 0 unspecified atom stereocenters. The zero-order chi connectivity index (χ0) is 15.9. The number of methoxy groups -OCH3 is 1. The number of hydrogen-bond acceptors (Lipinski definition) is 4. The van der Waals surface area contributed by atoms with Crippen molar-refractivity contribution >= 4 is 27.3 Å². The van der Waals surface area contributed by atoms with Gasteiger partial charge in [-0.1, -0.05) is 11.6 Å². The fraction of sp³-hybridized carbons (Fsp3) is 0.357. The lowest BCUT2D eigenvalue weighted by atomic mass is 10.0. The molecule has 118 valence electrons. The van der Waals surface area contributed by atoms with Crippen LogP contribution in [-0.2, 0) is 23.5 Å². The average molecular weight is 342 g/mol. The van der Waals surface area contributed by atoms with Crippen molar-refractivity contribution in [3.63, 3.8) is 0 Å². The predicted molar refractivity (Wildman–Crippen MR) is 84.1 cm³/mol. The lowest BCUT2D eigenvalue weighted by Gasteiger charge is -2.30. The molecule has 6 nitrogen and oxygen atoms in total. The molecule has 0 radical (unpaired) electrons. The maximum atomic E-state index is 12.9. The van der Waals surface area contributed by atoms with E-state index in [0.29, 0.717) is 18.0 Å². The van der Waals surface area contributed by atoms with Crippen LogP contribution in [0.5, 0.6) is 5.75 Å². The van der Waals surface area contributed by atoms with E-state index in [4.69, 9.17) is 16.3 Å². The van der Waals surface area contributed by atoms with Gasteiger partial charge in [0.1, 0.15) is 10.9 Å². The van der Waals surface area contributed by atoms with Crippen molar-refractivity contribution in [2.45, 2.75) is 17.9 Å². The summed E-state index contributed by atoms with van der Waals surface area (Å²) < 4.78 is 33.8. The highest BCUT2D eigenvalue weighted by atomic mass is 35.5. The summed E-state index contributed by atoms with van der Waals surface area (Å²) in [5, 5.41) is 0.000898. The Bertz CT molecular complexity index is 817. The van der Waals surface area contributed by atoms with Crippen LogP contribution < -0.4 is 9.04 Å². The Labute approximate surface area is 134 Å². The van der Waals surface area contributed by atoms with Crippen LogP contribution in [0.2, 0.25) is 5.15 Å². The van der Waals surface area contributed by atoms with Gasteiger partial charge in [-0.05, 0) is 36.6 Å². The zero-order valence-corrected chi connectivity index (χ0v) is 13.9. The third kappa shape index (κ3) is 2.34. The first-order valence-electron chi connectivity index (χ1n) is 6.81. The van der Waals surface area contributed by atoms with Gasteiger partial charge in [0.25, 0.3) is 10.0 Å². The minimum absolute atomic E-state index is 0.111. The van der Waals surface area contributed by atoms with E-state index in [2.05, 4.69) is 4.98 Å². The highest BCUT2D eigenvalue weighted by molar-refractivity contribution is 7.92. The number of aromatic nitrogens is 2. The molecule has 0 N–H and O–H groups in total. The molecule has 0 amide bonds. The monoisotopic (exact) mass is 341 g/mol. The standard InChI is InChI=1S/C14H16ClN3O3S/c1-17-9-16-14(13(17)15)22(19,20)18-7-3-4-10-8-11(21-2)5-6-12(10)18/h5-6,8-9H,3-4,7H2,1-2H3. The van der Waals surface area contributed by atoms with Crippen LogP contribution in [0.1, 0.15) is 12.0 Å². The van der Waals surface area contributed by atoms with Crippen LogP contribution >= 0.6 is 11.6 Å². The van der Waals surface area contributed by atoms with Gasteiger partial charge in [-0.2, -0.15) is 8.42 Å². The first-order valence-corrected chi connectivity index (χ1v) is 8.63. The number of rotatable bonds is 3. The second-order valence-electron chi connectivity index (χ2n) is 5.13. The summed E-state index contributed by atoms with van der Waals surface area (Å²) in [7, 11) is -0.530. The normalized spacial score (nSPS) is 14.8. The van der Waals surface area contributed by atoms with E-state index in [1.54, 1.807) is 26.3 Å². The molecule has 2 heterocycles. The molecule has 1 aromatic carbocycles. The number of halogens is 1. The van der Waals surface area contributed by atoms with Crippen molar-refractivity contribution in [1.29, 1.82) is 0 Å². The summed E-state index contributed by atoms with van der Waals surface area (Å²) in [6, 6.07) is 5.39. The van der Waals surface area contributed by atoms with Gasteiger partial charge in [-0.15, -0.1) is 0 Å². The molecule has 3 rings (SSSR count). The Morgan fingerprint density at radius 2 is 2.14 bits per heavy atom. The SMILES string of the molecule is COc1ccc2c(c1)CCCN2S(=O)(=O)c1ncn(C)c1Cl. The maximum absolute atomic E-state index is 12.9. The number of sulfonamides is 1. The molecule has 8 heteroatoms. The van der Waals surface area contributed by atoms with Crippen LogP contribution in [0.3, 0.4) is 0 Å². The topological polar surface area (TPSA) is 64.4 Å². The third-order valence-corrected chi connectivity index (χ3v) is 6.04. The Morgan fingerprint density at radius 3 is 2.77 bits per heavy atom. The van der Waals surface area contributed by atoms with E-state index >= 15 is 0 Å². The number of benzene rings is 1. The van der Waals surface area contributed by atoms with E-state index in [0.717, 1.165) is 18.4 Å². The summed E-state index contributed by atoms with van der Waals surface area (Å²) in [6.07, 6.45) is 2.95. The number of fused-ring (bicyclic) bond motifs is 1. The van der Waals surface area contributed by atoms with E-state index in [1.165, 1.54) is 15.2 Å². The van der Waals surface area contributed by atoms with Crippen molar-refractivity contribution in [3.05, 3.63) is 35.2 Å². The fourth-order valence-electron chi connectivity index (χ4n) is 2.59. The van der Waals surface area contributed by atoms with Crippen molar-refractivity contribution < 1.29 is 13.2 Å². The second-order valence-corrected chi connectivity index (χ2v) is 7.26. The first kappa shape index (κ1) is 15.2. The van der Waals surface area contributed by atoms with Crippen LogP contribution in [0.15, 0.2) is 29.6 Å². The van der Waals surface area contributed by atoms with Crippen molar-refractivity contribution in [2.75, 3.05) is 18.0 Å². The largest absolute Gasteiger partial charge is 0.497 e. The second kappa shape index (κ2) is 5.48. The number of ether oxygens (including phenoxy) is 1. The molecule has 0 saturated carbocycles. The van der Waals surface area contributed by atoms with Gasteiger partial charge in [-0.3, -0.25) is 4.31 Å². The smallest absolute Gasteiger partial charge is 0.284 e. The van der Waals surface area contributed by atoms with Gasteiger partial charge in [0.2, 0.25) is 5.03 Å². The number of imidazole rings is 1. The highest BCUT2D eigenvalue weighted by Gasteiger charge is 2.33. The third-order valence-electron chi connectivity index (χ3n) is 3.73. The van der Waals surface area contributed by atoms with Crippen molar-refractivity contribution in [2.24, 2.45) is 7.05 Å². The zero-order valence-electron chi connectivity index (χ0n) is 12.3. The lowest BCUT2D eigenvalue weighted by molar-refractivity contribution is 0.414. The van der Waals surface area contributed by atoms with Crippen LogP contribution in [0.25, 0.3) is 0 Å². The Hall–Kier alpha value is -1.73. The van der Waals surface area contributed by atoms with E-state index in [9.17, 15) is 8.42 Å². The van der Waals surface area contributed by atoms with E-state index in [-0.39, 0.29) is 10.2 Å². The number of nitrogens with zero attached hydrogens (tertiary/aromatic N) is 3. The molecule has 2 aromatic rings. The minimum Gasteiger partial charge on any atom is -0.497 e. The molecular formula is C14H16ClN3O3S. The van der Waals surface area contributed by atoms with Gasteiger partial charge in [-0.25, -0.2) is 4.98 Å². The summed E-state index contributed by atoms with van der Waals surface area (Å²) >= 11 is 6.06. The lowest BCUT2D eigenvalue weighted by Crippen LogP contribution is -2.35. The van der Waals surface area contributed by atoms with Gasteiger partial charge in [0, 0.05) is 13.6 Å². The molecular weight excluding hydrogens is 326 g/mol. The van der Waals surface area contributed by atoms with Crippen LogP contribution in [0.4, 0.5) is 5.69 Å². The molecule has 1 aliphatic heterocycles. The minimum atomic E-state index is -3.78. The van der Waals surface area contributed by atoms with Crippen LogP contribution in [0, 0.1) is 0 Å². The Balaban J connectivity index is 2.09. The van der Waals surface area contributed by atoms with Crippen molar-refractivity contribution in [1.82, 2.24) is 9.55 Å². The average Bonchev–Trinajstić information content (AvgIpc) is 2.86. The molecule has 0 spiro atoms. The van der Waals surface area contributed by atoms with Gasteiger partial charge >= 0.3 is 0 Å². The quantitative estimate of drug-likeness (QED) is 0.858. The summed E-state index contributed by atoms with van der Waals surface area (Å²) in [5.41, 5.74) is 1.61. The number of hydrogen-bond donors (Lipinski definition) is 0. The molecule has 0 saturated heterocycles. The molecule has 1 aromatic heterocycles. The van der Waals surface area contributed by atoms with Crippen molar-refractivity contribution in [3.8, 4) is 5.75 Å². The van der Waals surface area contributed by atoms with E-state index in [1.807, 2.05) is 6.07 Å². The number of aryl methyl sites for hydroxylation is 2. The molecule has 0 aliphatic carbocycles. The van der Waals surface area contributed by atoms with E-state index < -0.39 is 10.0 Å². The Morgan fingerprint density at radius 1 is 1.36 bits per heavy atom. The molecule has 0 fully saturated rings. The highest BCUT2D eigenvalue weighted by Crippen LogP contribution is 2.35. The predicted octanol–water partition coefficient (Wildman–Crippen LogP) is 2.22. The molecule has 22 heavy (non-hydrogen) atoms. The summed E-state index contributed by atoms with van der Waals surface area (Å²) in [5.74, 6) is 0.717. The summed E-state index contributed by atoms with van der Waals surface area (Å²) in [6.45, 7) is 0.411. The van der Waals surface area contributed by atoms with Gasteiger partial charge in [0.05, 0.1) is 19.1 Å². The van der Waals surface area contributed by atoms with Crippen LogP contribution in [-0.4, -0.2) is 31.6 Å². The molecule has 0 atom stereocenters. The summed E-state index contributed by atoms with van der Waals surface area (Å²) in [4.78, 5) is 3.95. The van der Waals surface area contributed by atoms with Gasteiger partial charge < -0.3 is 9.30 Å². The Kier molecular flexibility index (Phi) is 3.78. The first-order chi connectivity index (χ1) is 10.4. The van der Waals surface area contributed by atoms with Gasteiger partial charge in [0.15, 0.2) is 0 Å². The molecule has 0 bridgehead atoms. The molecule has 1 aliphatic rings. The number of anilines is 1. The fourth-order valence-corrected chi connectivity index (χ4v) is 4.52.